The maximum Gasteiger partial charge on any atom is 0.283 e. The van der Waals surface area contributed by atoms with Gasteiger partial charge in [0.15, 0.2) is 5.69 Å². The number of carbonyl (C=O) groups excluding carboxylic acids is 1. The lowest BCUT2D eigenvalue weighted by Gasteiger charge is -2.45. The molecule has 38 heavy (non-hydrogen) atoms. The van der Waals surface area contributed by atoms with E-state index >= 15 is 0 Å². The molecule has 0 aromatic carbocycles. The number of carbonyl (C=O) groups is 1. The molecule has 7 rings (SSSR count). The Morgan fingerprint density at radius 2 is 1.55 bits per heavy atom. The highest BCUT2D eigenvalue weighted by Gasteiger charge is 2.57. The van der Waals surface area contributed by atoms with Crippen LogP contribution in [0, 0.1) is 5.92 Å². The summed E-state index contributed by atoms with van der Waals surface area (Å²) in [5, 5.41) is 10.3. The summed E-state index contributed by atoms with van der Waals surface area (Å²) >= 11 is 0. The Hall–Kier alpha value is -1.67. The van der Waals surface area contributed by atoms with Crippen molar-refractivity contribution in [1.29, 1.82) is 0 Å². The number of nitrogens with zero attached hydrogens (tertiary/aromatic N) is 3. The fourth-order valence-corrected chi connectivity index (χ4v) is 9.95. The van der Waals surface area contributed by atoms with Crippen LogP contribution in [0.1, 0.15) is 80.0 Å². The van der Waals surface area contributed by atoms with E-state index in [0.29, 0.717) is 51.2 Å². The number of rotatable bonds is 8. The van der Waals surface area contributed by atoms with Gasteiger partial charge in [0.1, 0.15) is 5.76 Å². The van der Waals surface area contributed by atoms with E-state index in [4.69, 9.17) is 9.26 Å². The second-order valence-corrected chi connectivity index (χ2v) is 13.9. The first-order valence-corrected chi connectivity index (χ1v) is 15.4. The van der Waals surface area contributed by atoms with Crippen LogP contribution in [-0.4, -0.2) is 90.0 Å². The van der Waals surface area contributed by atoms with Crippen LogP contribution in [0.15, 0.2) is 10.6 Å². The molecule has 6 fully saturated rings. The average Bonchev–Trinajstić information content (AvgIpc) is 3.14. The maximum atomic E-state index is 14.0. The molecule has 1 aromatic rings. The molecule has 210 valence electrons. The molecule has 1 aromatic heterocycles. The summed E-state index contributed by atoms with van der Waals surface area (Å²) in [6.07, 6.45) is 5.65. The second-order valence-electron chi connectivity index (χ2n) is 12.2. The number of fused-ring (bicyclic) bond motifs is 4. The van der Waals surface area contributed by atoms with Crippen LogP contribution in [0.3, 0.4) is 0 Å². The van der Waals surface area contributed by atoms with E-state index in [0.717, 1.165) is 25.7 Å². The van der Waals surface area contributed by atoms with E-state index in [-0.39, 0.29) is 60.2 Å². The lowest BCUT2D eigenvalue weighted by Crippen LogP contribution is -2.60. The van der Waals surface area contributed by atoms with Gasteiger partial charge in [0, 0.05) is 61.2 Å². The van der Waals surface area contributed by atoms with Crippen LogP contribution in [-0.2, 0) is 14.9 Å². The first kappa shape index (κ1) is 25.3. The highest BCUT2D eigenvalue weighted by atomic mass is 32.2. The number of piperidine rings is 2. The van der Waals surface area contributed by atoms with Crippen molar-refractivity contribution in [3.05, 3.63) is 17.5 Å². The zero-order valence-electron chi connectivity index (χ0n) is 21.2. The summed E-state index contributed by atoms with van der Waals surface area (Å²) in [5.41, 5.74) is 0.243. The van der Waals surface area contributed by atoms with E-state index in [2.05, 4.69) is 15.8 Å². The first-order chi connectivity index (χ1) is 18.2. The predicted octanol–water partition coefficient (Wildman–Crippen LogP) is 2.00. The zero-order valence-corrected chi connectivity index (χ0v) is 22.0. The van der Waals surface area contributed by atoms with Gasteiger partial charge in [0.25, 0.3) is 22.0 Å². The molecule has 10 nitrogen and oxygen atoms in total. The summed E-state index contributed by atoms with van der Waals surface area (Å²) in [5.74, 6) is -2.61. The minimum Gasteiger partial charge on any atom is -0.380 e. The third kappa shape index (κ3) is 4.38. The lowest BCUT2D eigenvalue weighted by molar-refractivity contribution is -0.00228. The molecule has 7 atom stereocenters. The molecule has 0 spiro atoms. The number of ether oxygens (including phenoxy) is 1. The first-order valence-electron chi connectivity index (χ1n) is 14.0. The fourth-order valence-electron chi connectivity index (χ4n) is 7.46. The van der Waals surface area contributed by atoms with Gasteiger partial charge in [-0.1, -0.05) is 5.16 Å². The Morgan fingerprint density at radius 3 is 2.05 bits per heavy atom. The molecule has 6 heterocycles. The Balaban J connectivity index is 0.973. The number of hydrogen-bond donors (Lipinski definition) is 2. The normalized spacial score (nSPS) is 38.7. The number of halogens is 2. The molecule has 6 aliphatic rings. The average molecular weight is 556 g/mol. The van der Waals surface area contributed by atoms with Crippen LogP contribution in [0.5, 0.6) is 0 Å². The maximum absolute atomic E-state index is 14.0. The number of amides is 1. The standard InChI is InChI=1S/C25H35F2N5O5S/c26-25(27)10-15(25)11-28-16-5-18-1-2-19(6-16)31(18)38(34,35)32-20-3-4-21(32)8-17(7-20)29-24(33)22-9-23(37-30-22)14-12-36-13-14/h9,14-21,28H,1-8,10-13H2,(H,29,33)/t15?,16?,17?,18-,19+,20-,21+. The van der Waals surface area contributed by atoms with E-state index in [1.165, 1.54) is 0 Å². The third-order valence-corrected chi connectivity index (χ3v) is 11.9. The molecule has 1 aliphatic carbocycles. The van der Waals surface area contributed by atoms with Crippen LogP contribution in [0.2, 0.25) is 0 Å². The molecule has 13 heteroatoms. The van der Waals surface area contributed by atoms with Crippen molar-refractivity contribution in [3.63, 3.8) is 0 Å². The SMILES string of the molecule is O=C(NC1C[C@H]2CC[C@@H](C1)N2S(=O)(=O)N1[C@@H]2CC[C@H]1CC(NCC1CC1(F)F)C2)c1cc(C2COC2)on1. The number of aromatic nitrogens is 1. The van der Waals surface area contributed by atoms with Gasteiger partial charge in [-0.2, -0.15) is 17.0 Å². The Morgan fingerprint density at radius 1 is 1.00 bits per heavy atom. The number of nitrogens with one attached hydrogen (secondary N) is 2. The largest absolute Gasteiger partial charge is 0.380 e. The van der Waals surface area contributed by atoms with E-state index in [1.807, 2.05) is 0 Å². The van der Waals surface area contributed by atoms with Crippen molar-refractivity contribution in [1.82, 2.24) is 24.4 Å². The quantitative estimate of drug-likeness (QED) is 0.504. The topological polar surface area (TPSA) is 117 Å². The van der Waals surface area contributed by atoms with Crippen molar-refractivity contribution in [2.24, 2.45) is 5.92 Å². The molecule has 5 saturated heterocycles. The lowest BCUT2D eigenvalue weighted by atomic mass is 9.99. The van der Waals surface area contributed by atoms with Gasteiger partial charge in [0.05, 0.1) is 19.1 Å². The van der Waals surface area contributed by atoms with Crippen molar-refractivity contribution in [2.75, 3.05) is 19.8 Å². The van der Waals surface area contributed by atoms with Crippen molar-refractivity contribution in [2.45, 2.75) is 106 Å². The summed E-state index contributed by atoms with van der Waals surface area (Å²) in [7, 11) is -3.66. The monoisotopic (exact) mass is 555 g/mol. The molecule has 1 saturated carbocycles. The predicted molar refractivity (Wildman–Crippen MR) is 131 cm³/mol. The van der Waals surface area contributed by atoms with Crippen LogP contribution in [0.25, 0.3) is 0 Å². The van der Waals surface area contributed by atoms with Gasteiger partial charge < -0.3 is 19.9 Å². The minimum atomic E-state index is -3.66. The van der Waals surface area contributed by atoms with Crippen molar-refractivity contribution < 1.29 is 31.3 Å². The zero-order chi connectivity index (χ0) is 26.2. The minimum absolute atomic E-state index is 0.0468. The summed E-state index contributed by atoms with van der Waals surface area (Å²) in [6.45, 7) is 1.45. The van der Waals surface area contributed by atoms with Gasteiger partial charge in [-0.3, -0.25) is 4.79 Å². The van der Waals surface area contributed by atoms with Gasteiger partial charge in [0.2, 0.25) is 0 Å². The summed E-state index contributed by atoms with van der Waals surface area (Å²) in [4.78, 5) is 12.8. The molecule has 0 radical (unpaired) electrons. The second kappa shape index (κ2) is 9.18. The third-order valence-electron chi connectivity index (χ3n) is 9.61. The van der Waals surface area contributed by atoms with Crippen molar-refractivity contribution >= 4 is 16.1 Å². The molecule has 5 aliphatic heterocycles. The molecular weight excluding hydrogens is 520 g/mol. The molecule has 2 N–H and O–H groups in total. The summed E-state index contributed by atoms with van der Waals surface area (Å²) < 4.78 is 68.5. The van der Waals surface area contributed by atoms with E-state index in [1.54, 1.807) is 14.7 Å². The van der Waals surface area contributed by atoms with Gasteiger partial charge in [-0.15, -0.1) is 0 Å². The highest BCUT2D eigenvalue weighted by Crippen LogP contribution is 2.49. The highest BCUT2D eigenvalue weighted by molar-refractivity contribution is 7.86. The van der Waals surface area contributed by atoms with Crippen molar-refractivity contribution in [3.8, 4) is 0 Å². The van der Waals surface area contributed by atoms with Crippen LogP contribution < -0.4 is 10.6 Å². The molecular formula is C25H35F2N5O5S. The summed E-state index contributed by atoms with van der Waals surface area (Å²) in [6, 6.07) is 1.17. The Kier molecular flexibility index (Phi) is 6.12. The van der Waals surface area contributed by atoms with Crippen LogP contribution in [0.4, 0.5) is 8.78 Å². The van der Waals surface area contributed by atoms with E-state index in [9.17, 15) is 22.0 Å². The van der Waals surface area contributed by atoms with Gasteiger partial charge >= 0.3 is 0 Å². The molecule has 1 amide bonds. The van der Waals surface area contributed by atoms with Crippen LogP contribution >= 0.6 is 0 Å². The Labute approximate surface area is 221 Å². The number of hydrogen-bond acceptors (Lipinski definition) is 7. The molecule has 4 bridgehead atoms. The van der Waals surface area contributed by atoms with Gasteiger partial charge in [-0.05, 0) is 51.4 Å². The molecule has 3 unspecified atom stereocenters. The Bertz CT molecular complexity index is 1160. The smallest absolute Gasteiger partial charge is 0.283 e. The number of alkyl halides is 2. The fraction of sp³-hybridized carbons (Fsp3) is 0.840. The van der Waals surface area contributed by atoms with Gasteiger partial charge in [-0.25, -0.2) is 8.78 Å². The van der Waals surface area contributed by atoms with E-state index < -0.39 is 22.0 Å².